The summed E-state index contributed by atoms with van der Waals surface area (Å²) in [5, 5.41) is 6.71. The zero-order valence-corrected chi connectivity index (χ0v) is 11.2. The van der Waals surface area contributed by atoms with Gasteiger partial charge in [0.05, 0.1) is 5.69 Å². The molecular formula is C13H12N4O2S. The van der Waals surface area contributed by atoms with Gasteiger partial charge in [0.25, 0.3) is 10.0 Å². The highest BCUT2D eigenvalue weighted by Crippen LogP contribution is 2.22. The van der Waals surface area contributed by atoms with Gasteiger partial charge >= 0.3 is 0 Å². The maximum atomic E-state index is 12.1. The number of benzene rings is 1. The Morgan fingerprint density at radius 1 is 1.15 bits per heavy atom. The van der Waals surface area contributed by atoms with Crippen molar-refractivity contribution >= 4 is 15.7 Å². The van der Waals surface area contributed by atoms with E-state index in [0.717, 1.165) is 11.3 Å². The average Bonchev–Trinajstić information content (AvgIpc) is 3.12. The zero-order valence-electron chi connectivity index (χ0n) is 10.4. The summed E-state index contributed by atoms with van der Waals surface area (Å²) >= 11 is 0. The number of aromatic nitrogens is 3. The summed E-state index contributed by atoms with van der Waals surface area (Å²) in [5.74, 6) is 0. The smallest absolute Gasteiger partial charge is 0.263 e. The Morgan fingerprint density at radius 2 is 2.05 bits per heavy atom. The second kappa shape index (κ2) is 4.86. The Hall–Kier alpha value is -2.54. The summed E-state index contributed by atoms with van der Waals surface area (Å²) < 4.78 is 26.8. The fraction of sp³-hybridized carbons (Fsp3) is 0. The highest BCUT2D eigenvalue weighted by Gasteiger charge is 2.14. The molecule has 3 aromatic rings. The lowest BCUT2D eigenvalue weighted by Gasteiger charge is -2.07. The molecule has 7 heteroatoms. The number of aromatic amines is 2. The molecule has 0 bridgehead atoms. The van der Waals surface area contributed by atoms with Crippen molar-refractivity contribution in [3.05, 3.63) is 55.0 Å². The van der Waals surface area contributed by atoms with Crippen molar-refractivity contribution in [2.24, 2.45) is 0 Å². The Labute approximate surface area is 115 Å². The van der Waals surface area contributed by atoms with Crippen LogP contribution in [0.2, 0.25) is 0 Å². The number of H-pyrrole nitrogens is 2. The molecule has 2 heterocycles. The highest BCUT2D eigenvalue weighted by atomic mass is 32.2. The molecule has 102 valence electrons. The van der Waals surface area contributed by atoms with Crippen LogP contribution < -0.4 is 4.72 Å². The molecule has 0 unspecified atom stereocenters. The lowest BCUT2D eigenvalue weighted by atomic mass is 10.1. The molecule has 0 amide bonds. The molecule has 0 fully saturated rings. The van der Waals surface area contributed by atoms with Crippen LogP contribution >= 0.6 is 0 Å². The van der Waals surface area contributed by atoms with Crippen molar-refractivity contribution in [3.63, 3.8) is 0 Å². The van der Waals surface area contributed by atoms with Crippen molar-refractivity contribution in [3.8, 4) is 11.3 Å². The number of anilines is 1. The Balaban J connectivity index is 1.91. The van der Waals surface area contributed by atoms with E-state index in [-0.39, 0.29) is 4.90 Å². The number of hydrogen-bond acceptors (Lipinski definition) is 3. The van der Waals surface area contributed by atoms with Gasteiger partial charge < -0.3 is 4.98 Å². The molecule has 2 aromatic heterocycles. The van der Waals surface area contributed by atoms with Crippen LogP contribution in [-0.2, 0) is 10.0 Å². The fourth-order valence-corrected chi connectivity index (χ4v) is 2.88. The van der Waals surface area contributed by atoms with Gasteiger partial charge in [0.15, 0.2) is 0 Å². The van der Waals surface area contributed by atoms with Crippen LogP contribution in [0.25, 0.3) is 11.3 Å². The van der Waals surface area contributed by atoms with Crippen LogP contribution in [0.5, 0.6) is 0 Å². The minimum Gasteiger partial charge on any atom is -0.366 e. The van der Waals surface area contributed by atoms with Crippen LogP contribution in [0, 0.1) is 0 Å². The molecule has 3 rings (SSSR count). The summed E-state index contributed by atoms with van der Waals surface area (Å²) in [4.78, 5) is 2.92. The molecule has 1 aromatic carbocycles. The van der Waals surface area contributed by atoms with Crippen LogP contribution in [0.1, 0.15) is 0 Å². The SMILES string of the molecule is O=S(=O)(Nc1cccc(-c2ccn[nH]2)c1)c1cc[nH]c1. The topological polar surface area (TPSA) is 90.6 Å². The van der Waals surface area contributed by atoms with E-state index in [2.05, 4.69) is 19.9 Å². The van der Waals surface area contributed by atoms with E-state index < -0.39 is 10.0 Å². The van der Waals surface area contributed by atoms with E-state index in [1.54, 1.807) is 30.6 Å². The first-order valence-corrected chi connectivity index (χ1v) is 7.39. The molecular weight excluding hydrogens is 276 g/mol. The second-order valence-corrected chi connectivity index (χ2v) is 5.89. The van der Waals surface area contributed by atoms with Crippen molar-refractivity contribution < 1.29 is 8.42 Å². The molecule has 0 aliphatic heterocycles. The van der Waals surface area contributed by atoms with Crippen molar-refractivity contribution in [1.82, 2.24) is 15.2 Å². The van der Waals surface area contributed by atoms with E-state index in [4.69, 9.17) is 0 Å². The van der Waals surface area contributed by atoms with Gasteiger partial charge in [-0.1, -0.05) is 12.1 Å². The van der Waals surface area contributed by atoms with E-state index in [1.807, 2.05) is 12.1 Å². The van der Waals surface area contributed by atoms with E-state index in [9.17, 15) is 8.42 Å². The predicted molar refractivity (Wildman–Crippen MR) is 75.6 cm³/mol. The maximum Gasteiger partial charge on any atom is 0.263 e. The summed E-state index contributed by atoms with van der Waals surface area (Å²) in [6.45, 7) is 0. The Bertz CT molecular complexity index is 793. The van der Waals surface area contributed by atoms with Crippen LogP contribution in [0.15, 0.2) is 59.9 Å². The first kappa shape index (κ1) is 12.5. The predicted octanol–water partition coefficient (Wildman–Crippen LogP) is 2.21. The lowest BCUT2D eigenvalue weighted by Crippen LogP contribution is -2.12. The molecule has 0 aliphatic carbocycles. The molecule has 0 saturated heterocycles. The largest absolute Gasteiger partial charge is 0.366 e. The van der Waals surface area contributed by atoms with Gasteiger partial charge in [0.2, 0.25) is 0 Å². The minimum atomic E-state index is -3.56. The minimum absolute atomic E-state index is 0.199. The van der Waals surface area contributed by atoms with Gasteiger partial charge in [0.1, 0.15) is 4.90 Å². The molecule has 0 atom stereocenters. The summed E-state index contributed by atoms with van der Waals surface area (Å²) in [6, 6.07) is 10.4. The normalized spacial score (nSPS) is 11.4. The fourth-order valence-electron chi connectivity index (χ4n) is 1.86. The Kier molecular flexibility index (Phi) is 3.03. The van der Waals surface area contributed by atoms with Crippen molar-refractivity contribution in [2.45, 2.75) is 4.90 Å². The molecule has 0 radical (unpaired) electrons. The summed E-state index contributed by atoms with van der Waals surface area (Å²) in [6.07, 6.45) is 4.64. The molecule has 3 N–H and O–H groups in total. The van der Waals surface area contributed by atoms with Crippen molar-refractivity contribution in [2.75, 3.05) is 4.72 Å². The molecule has 0 spiro atoms. The van der Waals surface area contributed by atoms with E-state index >= 15 is 0 Å². The van der Waals surface area contributed by atoms with Gasteiger partial charge in [-0.05, 0) is 24.3 Å². The van der Waals surface area contributed by atoms with Gasteiger partial charge in [0, 0.05) is 29.8 Å². The summed E-state index contributed by atoms with van der Waals surface area (Å²) in [7, 11) is -3.56. The summed E-state index contributed by atoms with van der Waals surface area (Å²) in [5.41, 5.74) is 2.18. The molecule has 20 heavy (non-hydrogen) atoms. The standard InChI is InChI=1S/C13H12N4O2S/c18-20(19,12-4-6-14-9-12)17-11-3-1-2-10(8-11)13-5-7-15-16-13/h1-9,14,17H,(H,15,16). The third-order valence-corrected chi connectivity index (χ3v) is 4.19. The lowest BCUT2D eigenvalue weighted by molar-refractivity contribution is 0.601. The molecule has 0 aliphatic rings. The van der Waals surface area contributed by atoms with Gasteiger partial charge in [-0.2, -0.15) is 5.10 Å². The first-order chi connectivity index (χ1) is 9.65. The number of sulfonamides is 1. The molecule has 6 nitrogen and oxygen atoms in total. The zero-order chi connectivity index (χ0) is 14.0. The number of nitrogens with zero attached hydrogens (tertiary/aromatic N) is 1. The van der Waals surface area contributed by atoms with Crippen LogP contribution in [0.4, 0.5) is 5.69 Å². The second-order valence-electron chi connectivity index (χ2n) is 4.20. The number of hydrogen-bond donors (Lipinski definition) is 3. The maximum absolute atomic E-state index is 12.1. The van der Waals surface area contributed by atoms with Gasteiger partial charge in [-0.25, -0.2) is 8.42 Å². The number of rotatable bonds is 4. The monoisotopic (exact) mass is 288 g/mol. The molecule has 0 saturated carbocycles. The number of nitrogens with one attached hydrogen (secondary N) is 3. The third-order valence-electron chi connectivity index (χ3n) is 2.81. The van der Waals surface area contributed by atoms with Gasteiger partial charge in [-0.15, -0.1) is 0 Å². The van der Waals surface area contributed by atoms with Crippen molar-refractivity contribution in [1.29, 1.82) is 0 Å². The van der Waals surface area contributed by atoms with E-state index in [1.165, 1.54) is 12.3 Å². The first-order valence-electron chi connectivity index (χ1n) is 5.90. The highest BCUT2D eigenvalue weighted by molar-refractivity contribution is 7.92. The Morgan fingerprint density at radius 3 is 2.75 bits per heavy atom. The quantitative estimate of drug-likeness (QED) is 0.687. The van der Waals surface area contributed by atoms with E-state index in [0.29, 0.717) is 5.69 Å². The third kappa shape index (κ3) is 2.43. The van der Waals surface area contributed by atoms with Gasteiger partial charge in [-0.3, -0.25) is 9.82 Å². The van der Waals surface area contributed by atoms with Crippen LogP contribution in [-0.4, -0.2) is 23.6 Å². The average molecular weight is 288 g/mol. The van der Waals surface area contributed by atoms with Crippen LogP contribution in [0.3, 0.4) is 0 Å².